The fourth-order valence-corrected chi connectivity index (χ4v) is 2.02. The Labute approximate surface area is 117 Å². The summed E-state index contributed by atoms with van der Waals surface area (Å²) in [6.07, 6.45) is -3.57. The molecule has 0 aromatic heterocycles. The first-order valence-corrected chi connectivity index (χ1v) is 6.48. The van der Waals surface area contributed by atoms with Crippen LogP contribution < -0.4 is 10.1 Å². The van der Waals surface area contributed by atoms with Crippen LogP contribution in [0.4, 0.5) is 18.9 Å². The number of alkyl halides is 3. The minimum Gasteiger partial charge on any atom is -0.482 e. The zero-order chi connectivity index (χ0) is 14.2. The molecule has 0 fully saturated rings. The number of nitrogens with one attached hydrogen (secondary N) is 1. The molecule has 104 valence electrons. The molecule has 2 nitrogen and oxygen atoms in total. The smallest absolute Gasteiger partial charge is 0.287 e. The Morgan fingerprint density at radius 2 is 1.95 bits per heavy atom. The maximum Gasteiger partial charge on any atom is 0.287 e. The Morgan fingerprint density at radius 3 is 2.58 bits per heavy atom. The van der Waals surface area contributed by atoms with Crippen molar-refractivity contribution in [3.8, 4) is 5.75 Å². The van der Waals surface area contributed by atoms with Crippen molar-refractivity contribution in [1.82, 2.24) is 0 Å². The minimum atomic E-state index is -3.07. The van der Waals surface area contributed by atoms with Crippen molar-refractivity contribution >= 4 is 27.7 Å². The van der Waals surface area contributed by atoms with E-state index >= 15 is 0 Å². The molecule has 1 aliphatic heterocycles. The molecule has 1 heterocycles. The van der Waals surface area contributed by atoms with Crippen LogP contribution in [0.5, 0.6) is 5.75 Å². The number of hydrogen-bond donors (Lipinski definition) is 1. The molecule has 0 spiro atoms. The van der Waals surface area contributed by atoms with Crippen molar-refractivity contribution in [2.45, 2.75) is 32.2 Å². The molecular weight excluding hydrogens is 323 g/mol. The van der Waals surface area contributed by atoms with Gasteiger partial charge in [0.15, 0.2) is 0 Å². The van der Waals surface area contributed by atoms with Gasteiger partial charge in [-0.1, -0.05) is 15.9 Å². The second-order valence-corrected chi connectivity index (χ2v) is 5.59. The van der Waals surface area contributed by atoms with Gasteiger partial charge >= 0.3 is 0 Å². The number of rotatable bonds is 3. The van der Waals surface area contributed by atoms with Gasteiger partial charge in [0.25, 0.3) is 6.43 Å². The average molecular weight is 336 g/mol. The molecule has 6 heteroatoms. The van der Waals surface area contributed by atoms with Gasteiger partial charge in [-0.25, -0.2) is 13.2 Å². The Hall–Kier alpha value is -1.17. The van der Waals surface area contributed by atoms with Crippen molar-refractivity contribution in [2.24, 2.45) is 0 Å². The van der Waals surface area contributed by atoms with E-state index in [-0.39, 0.29) is 5.69 Å². The van der Waals surface area contributed by atoms with E-state index in [9.17, 15) is 13.2 Å². The monoisotopic (exact) mass is 335 g/mol. The van der Waals surface area contributed by atoms with E-state index in [1.54, 1.807) is 6.07 Å². The van der Waals surface area contributed by atoms with Crippen molar-refractivity contribution < 1.29 is 17.9 Å². The lowest BCUT2D eigenvalue weighted by Crippen LogP contribution is -2.31. The van der Waals surface area contributed by atoms with Crippen molar-refractivity contribution in [3.05, 3.63) is 28.2 Å². The lowest BCUT2D eigenvalue weighted by molar-refractivity contribution is 0.0650. The molecule has 0 saturated carbocycles. The highest BCUT2D eigenvalue weighted by molar-refractivity contribution is 9.11. The molecule has 0 aliphatic carbocycles. The summed E-state index contributed by atoms with van der Waals surface area (Å²) < 4.78 is 43.8. The lowest BCUT2D eigenvalue weighted by atomic mass is 10.0. The van der Waals surface area contributed by atoms with Crippen LogP contribution in [0.2, 0.25) is 0 Å². The fraction of sp³-hybridized carbons (Fsp3) is 0.385. The van der Waals surface area contributed by atoms with E-state index < -0.39 is 18.3 Å². The number of hydrogen-bond acceptors (Lipinski definition) is 2. The van der Waals surface area contributed by atoms with Crippen molar-refractivity contribution in [1.29, 1.82) is 0 Å². The minimum absolute atomic E-state index is 0.258. The highest BCUT2D eigenvalue weighted by Gasteiger charge is 2.29. The number of fused-ring (bicyclic) bond motifs is 1. The molecule has 1 atom stereocenters. The van der Waals surface area contributed by atoms with E-state index in [0.717, 1.165) is 10.0 Å². The van der Waals surface area contributed by atoms with E-state index in [2.05, 4.69) is 21.2 Å². The van der Waals surface area contributed by atoms with Crippen molar-refractivity contribution in [3.63, 3.8) is 0 Å². The molecule has 19 heavy (non-hydrogen) atoms. The van der Waals surface area contributed by atoms with E-state index in [1.807, 2.05) is 19.9 Å². The van der Waals surface area contributed by atoms with Crippen LogP contribution in [0.1, 0.15) is 19.4 Å². The van der Waals surface area contributed by atoms with Gasteiger partial charge in [0.2, 0.25) is 6.30 Å². The molecule has 1 unspecified atom stereocenters. The highest BCUT2D eigenvalue weighted by Crippen LogP contribution is 2.39. The summed E-state index contributed by atoms with van der Waals surface area (Å²) in [5, 5.41) is 2.10. The van der Waals surface area contributed by atoms with Crippen LogP contribution in [-0.4, -0.2) is 18.3 Å². The summed E-state index contributed by atoms with van der Waals surface area (Å²) in [4.78, 5) is 0. The highest BCUT2D eigenvalue weighted by atomic mass is 79.9. The first-order valence-electron chi connectivity index (χ1n) is 5.69. The summed E-state index contributed by atoms with van der Waals surface area (Å²) in [5.74, 6) is 0.527. The van der Waals surface area contributed by atoms with Gasteiger partial charge in [-0.05, 0) is 32.1 Å². The third-order valence-electron chi connectivity index (χ3n) is 2.76. The zero-order valence-corrected chi connectivity index (χ0v) is 12.0. The molecule has 0 saturated heterocycles. The molecule has 0 amide bonds. The number of ether oxygens (including phenoxy) is 1. The Morgan fingerprint density at radius 1 is 1.26 bits per heavy atom. The second-order valence-electron chi connectivity index (χ2n) is 4.74. The molecule has 1 N–H and O–H groups in total. The molecule has 2 rings (SSSR count). The SMILES string of the molecule is CC1(C)Oc2cc(NC(F)C(F)F)ccc2C=C1Br. The van der Waals surface area contributed by atoms with Crippen LogP contribution in [0.25, 0.3) is 6.08 Å². The van der Waals surface area contributed by atoms with Gasteiger partial charge in [0, 0.05) is 21.8 Å². The fourth-order valence-electron chi connectivity index (χ4n) is 1.69. The summed E-state index contributed by atoms with van der Waals surface area (Å²) in [5.41, 5.74) is 0.529. The largest absolute Gasteiger partial charge is 0.482 e. The van der Waals surface area contributed by atoms with E-state index in [4.69, 9.17) is 4.74 Å². The van der Waals surface area contributed by atoms with Crippen molar-refractivity contribution in [2.75, 3.05) is 5.32 Å². The first-order chi connectivity index (χ1) is 8.79. The molecule has 0 bridgehead atoms. The van der Waals surface area contributed by atoms with E-state index in [1.165, 1.54) is 12.1 Å². The number of halogens is 4. The maximum absolute atomic E-state index is 12.9. The van der Waals surface area contributed by atoms with Gasteiger partial charge in [-0.3, -0.25) is 0 Å². The Bertz CT molecular complexity index is 517. The molecular formula is C13H13BrF3NO. The van der Waals surface area contributed by atoms with Gasteiger partial charge in [-0.2, -0.15) is 0 Å². The Kier molecular flexibility index (Phi) is 3.80. The van der Waals surface area contributed by atoms with Gasteiger partial charge in [-0.15, -0.1) is 0 Å². The summed E-state index contributed by atoms with van der Waals surface area (Å²) in [7, 11) is 0. The van der Waals surface area contributed by atoms with Gasteiger partial charge in [0.05, 0.1) is 0 Å². The molecule has 1 aliphatic rings. The maximum atomic E-state index is 12.9. The molecule has 1 aromatic rings. The van der Waals surface area contributed by atoms with Crippen LogP contribution >= 0.6 is 15.9 Å². The van der Waals surface area contributed by atoms with Crippen LogP contribution in [0, 0.1) is 0 Å². The normalized spacial score (nSPS) is 18.4. The standard InChI is InChI=1S/C13H13BrF3NO/c1-13(2)10(14)5-7-3-4-8(6-9(7)19-13)18-12(17)11(15)16/h3-6,11-12,18H,1-2H3. The van der Waals surface area contributed by atoms with Gasteiger partial charge < -0.3 is 10.1 Å². The van der Waals surface area contributed by atoms with Crippen LogP contribution in [0.3, 0.4) is 0 Å². The summed E-state index contributed by atoms with van der Waals surface area (Å²) >= 11 is 3.42. The summed E-state index contributed by atoms with van der Waals surface area (Å²) in [6.45, 7) is 3.74. The number of anilines is 1. The Balaban J connectivity index is 2.26. The third-order valence-corrected chi connectivity index (χ3v) is 3.95. The predicted molar refractivity (Wildman–Crippen MR) is 72.6 cm³/mol. The molecule has 1 aromatic carbocycles. The topological polar surface area (TPSA) is 21.3 Å². The lowest BCUT2D eigenvalue weighted by Gasteiger charge is -2.31. The third kappa shape index (κ3) is 3.05. The molecule has 0 radical (unpaired) electrons. The summed E-state index contributed by atoms with van der Waals surface area (Å²) in [6, 6.07) is 4.74. The second kappa shape index (κ2) is 5.07. The first kappa shape index (κ1) is 14.2. The quantitative estimate of drug-likeness (QED) is 0.817. The number of benzene rings is 1. The van der Waals surface area contributed by atoms with E-state index in [0.29, 0.717) is 5.75 Å². The zero-order valence-electron chi connectivity index (χ0n) is 10.4. The van der Waals surface area contributed by atoms with Crippen LogP contribution in [-0.2, 0) is 0 Å². The predicted octanol–water partition coefficient (Wildman–Crippen LogP) is 4.57. The van der Waals surface area contributed by atoms with Crippen LogP contribution in [0.15, 0.2) is 22.7 Å². The average Bonchev–Trinajstić information content (AvgIpc) is 2.30. The van der Waals surface area contributed by atoms with Gasteiger partial charge in [0.1, 0.15) is 11.4 Å².